The van der Waals surface area contributed by atoms with E-state index in [1.807, 2.05) is 63.2 Å². The number of rotatable bonds is 8. The van der Waals surface area contributed by atoms with Crippen molar-refractivity contribution in [3.05, 3.63) is 47.0 Å². The summed E-state index contributed by atoms with van der Waals surface area (Å²) in [6.07, 6.45) is 2.45. The number of methoxy groups -OCH3 is 1. The lowest BCUT2D eigenvalue weighted by atomic mass is 9.97. The summed E-state index contributed by atoms with van der Waals surface area (Å²) in [6.45, 7) is 5.49. The van der Waals surface area contributed by atoms with Crippen molar-refractivity contribution < 1.29 is 23.7 Å². The van der Waals surface area contributed by atoms with Crippen LogP contribution in [0, 0.1) is 0 Å². The molecular weight excluding hydrogens is 382 g/mol. The van der Waals surface area contributed by atoms with Gasteiger partial charge >= 0.3 is 0 Å². The minimum absolute atomic E-state index is 0.0272. The molecule has 0 spiro atoms. The standard InChI is InChI=1S/C24H29NO5/c1-6-16(12-18-14-22-23(15-21(18)27-5)30-11-10-29-22)24(26)17-8-9-20(28-7-2)19(13-17)25(3)4/h8-9,12-15H,6-7,10-11H2,1-5H3. The van der Waals surface area contributed by atoms with Gasteiger partial charge in [0.2, 0.25) is 0 Å². The Balaban J connectivity index is 1.99. The van der Waals surface area contributed by atoms with E-state index in [1.165, 1.54) is 0 Å². The number of nitrogens with zero attached hydrogens (tertiary/aromatic N) is 1. The van der Waals surface area contributed by atoms with Gasteiger partial charge in [-0.25, -0.2) is 0 Å². The average Bonchev–Trinajstić information content (AvgIpc) is 2.76. The van der Waals surface area contributed by atoms with Gasteiger partial charge in [0, 0.05) is 36.9 Å². The summed E-state index contributed by atoms with van der Waals surface area (Å²) in [5.74, 6) is 2.68. The van der Waals surface area contributed by atoms with Gasteiger partial charge in [0.1, 0.15) is 24.7 Å². The Labute approximate surface area is 178 Å². The second kappa shape index (κ2) is 9.57. The van der Waals surface area contributed by atoms with Gasteiger partial charge in [-0.1, -0.05) is 6.92 Å². The van der Waals surface area contributed by atoms with E-state index in [0.717, 1.165) is 17.0 Å². The van der Waals surface area contributed by atoms with Crippen LogP contribution in [0.15, 0.2) is 35.9 Å². The molecular formula is C24H29NO5. The van der Waals surface area contributed by atoms with Crippen LogP contribution in [0.2, 0.25) is 0 Å². The first kappa shape index (κ1) is 21.6. The molecule has 160 valence electrons. The molecule has 3 rings (SSSR count). The number of carbonyl (C=O) groups is 1. The van der Waals surface area contributed by atoms with Crippen LogP contribution in [0.5, 0.6) is 23.0 Å². The number of anilines is 1. The van der Waals surface area contributed by atoms with Gasteiger partial charge in [0.05, 0.1) is 19.4 Å². The van der Waals surface area contributed by atoms with Gasteiger partial charge in [-0.2, -0.15) is 0 Å². The van der Waals surface area contributed by atoms with Gasteiger partial charge in [-0.3, -0.25) is 4.79 Å². The van der Waals surface area contributed by atoms with Crippen LogP contribution >= 0.6 is 0 Å². The molecule has 0 amide bonds. The van der Waals surface area contributed by atoms with Crippen molar-refractivity contribution in [2.75, 3.05) is 45.9 Å². The zero-order valence-electron chi connectivity index (χ0n) is 18.3. The van der Waals surface area contributed by atoms with Crippen LogP contribution in [0.3, 0.4) is 0 Å². The van der Waals surface area contributed by atoms with Gasteiger partial charge in [0.25, 0.3) is 0 Å². The summed E-state index contributed by atoms with van der Waals surface area (Å²) in [6, 6.07) is 9.20. The van der Waals surface area contributed by atoms with Crippen molar-refractivity contribution >= 4 is 17.5 Å². The molecule has 1 heterocycles. The highest BCUT2D eigenvalue weighted by Crippen LogP contribution is 2.38. The molecule has 0 aromatic heterocycles. The number of fused-ring (bicyclic) bond motifs is 1. The maximum Gasteiger partial charge on any atom is 0.189 e. The predicted octanol–water partition coefficient (Wildman–Crippen LogP) is 4.61. The Bertz CT molecular complexity index is 949. The van der Waals surface area contributed by atoms with Crippen LogP contribution in [0.4, 0.5) is 5.69 Å². The largest absolute Gasteiger partial charge is 0.496 e. The molecule has 1 aliphatic heterocycles. The first-order chi connectivity index (χ1) is 14.5. The normalized spacial score (nSPS) is 13.0. The van der Waals surface area contributed by atoms with E-state index < -0.39 is 0 Å². The minimum atomic E-state index is -0.0272. The summed E-state index contributed by atoms with van der Waals surface area (Å²) in [5.41, 5.74) is 2.95. The summed E-state index contributed by atoms with van der Waals surface area (Å²) >= 11 is 0. The lowest BCUT2D eigenvalue weighted by Gasteiger charge is -2.20. The summed E-state index contributed by atoms with van der Waals surface area (Å²) < 4.78 is 22.5. The molecule has 6 nitrogen and oxygen atoms in total. The zero-order valence-corrected chi connectivity index (χ0v) is 18.3. The minimum Gasteiger partial charge on any atom is -0.496 e. The van der Waals surface area contributed by atoms with Crippen molar-refractivity contribution in [3.63, 3.8) is 0 Å². The maximum absolute atomic E-state index is 13.3. The number of carbonyl (C=O) groups excluding carboxylic acids is 1. The fraction of sp³-hybridized carbons (Fsp3) is 0.375. The third-order valence-corrected chi connectivity index (χ3v) is 4.90. The van der Waals surface area contributed by atoms with Crippen molar-refractivity contribution in [3.8, 4) is 23.0 Å². The molecule has 0 unspecified atom stereocenters. The van der Waals surface area contributed by atoms with Crippen LogP contribution in [0.1, 0.15) is 36.2 Å². The topological polar surface area (TPSA) is 57.2 Å². The van der Waals surface area contributed by atoms with Gasteiger partial charge in [-0.15, -0.1) is 0 Å². The molecule has 0 aliphatic carbocycles. The number of allylic oxidation sites excluding steroid dienone is 1. The molecule has 0 radical (unpaired) electrons. The SMILES string of the molecule is CCOc1ccc(C(=O)C(=Cc2cc3c(cc2OC)OCCO3)CC)cc1N(C)C. The molecule has 0 fully saturated rings. The number of benzene rings is 2. The van der Waals surface area contributed by atoms with E-state index in [4.69, 9.17) is 18.9 Å². The van der Waals surface area contributed by atoms with Crippen LogP contribution < -0.4 is 23.8 Å². The Kier molecular flexibility index (Phi) is 6.87. The van der Waals surface area contributed by atoms with Crippen molar-refractivity contribution in [2.24, 2.45) is 0 Å². The molecule has 1 aliphatic rings. The molecule has 0 saturated carbocycles. The molecule has 0 N–H and O–H groups in total. The fourth-order valence-electron chi connectivity index (χ4n) is 3.36. The quantitative estimate of drug-likeness (QED) is 0.467. The molecule has 0 saturated heterocycles. The predicted molar refractivity (Wildman–Crippen MR) is 119 cm³/mol. The Morgan fingerprint density at radius 3 is 2.37 bits per heavy atom. The summed E-state index contributed by atoms with van der Waals surface area (Å²) in [4.78, 5) is 15.2. The fourth-order valence-corrected chi connectivity index (χ4v) is 3.36. The highest BCUT2D eigenvalue weighted by molar-refractivity contribution is 6.12. The van der Waals surface area contributed by atoms with Crippen molar-refractivity contribution in [1.82, 2.24) is 0 Å². The number of hydrogen-bond acceptors (Lipinski definition) is 6. The Hall–Kier alpha value is -3.15. The van der Waals surface area contributed by atoms with E-state index in [-0.39, 0.29) is 5.78 Å². The van der Waals surface area contributed by atoms with E-state index in [0.29, 0.717) is 54.6 Å². The van der Waals surface area contributed by atoms with Gasteiger partial charge in [-0.05, 0) is 43.7 Å². The van der Waals surface area contributed by atoms with E-state index in [2.05, 4.69) is 0 Å². The molecule has 6 heteroatoms. The van der Waals surface area contributed by atoms with Crippen LogP contribution in [-0.4, -0.2) is 46.8 Å². The van der Waals surface area contributed by atoms with E-state index in [9.17, 15) is 4.79 Å². The van der Waals surface area contributed by atoms with Crippen molar-refractivity contribution in [2.45, 2.75) is 20.3 Å². The third-order valence-electron chi connectivity index (χ3n) is 4.90. The number of ether oxygens (including phenoxy) is 4. The number of hydrogen-bond donors (Lipinski definition) is 0. The van der Waals surface area contributed by atoms with Gasteiger partial charge in [0.15, 0.2) is 17.3 Å². The highest BCUT2D eigenvalue weighted by atomic mass is 16.6. The zero-order chi connectivity index (χ0) is 21.7. The molecule has 0 atom stereocenters. The highest BCUT2D eigenvalue weighted by Gasteiger charge is 2.19. The van der Waals surface area contributed by atoms with Crippen LogP contribution in [-0.2, 0) is 0 Å². The number of ketones is 1. The first-order valence-corrected chi connectivity index (χ1v) is 10.2. The molecule has 0 bridgehead atoms. The monoisotopic (exact) mass is 411 g/mol. The lowest BCUT2D eigenvalue weighted by Crippen LogP contribution is -2.15. The average molecular weight is 411 g/mol. The van der Waals surface area contributed by atoms with E-state index >= 15 is 0 Å². The first-order valence-electron chi connectivity index (χ1n) is 10.2. The van der Waals surface area contributed by atoms with Gasteiger partial charge < -0.3 is 23.8 Å². The van der Waals surface area contributed by atoms with E-state index in [1.54, 1.807) is 13.2 Å². The molecule has 30 heavy (non-hydrogen) atoms. The smallest absolute Gasteiger partial charge is 0.189 e. The Morgan fingerprint density at radius 1 is 1.07 bits per heavy atom. The second-order valence-electron chi connectivity index (χ2n) is 7.10. The molecule has 2 aromatic rings. The van der Waals surface area contributed by atoms with Crippen LogP contribution in [0.25, 0.3) is 6.08 Å². The van der Waals surface area contributed by atoms with Crippen molar-refractivity contribution in [1.29, 1.82) is 0 Å². The summed E-state index contributed by atoms with van der Waals surface area (Å²) in [5, 5.41) is 0. The maximum atomic E-state index is 13.3. The molecule has 2 aromatic carbocycles. The lowest BCUT2D eigenvalue weighted by molar-refractivity contribution is 0.103. The summed E-state index contributed by atoms with van der Waals surface area (Å²) in [7, 11) is 5.47. The third kappa shape index (κ3) is 4.53. The number of Topliss-reactive ketones (excluding diaryl/α,β-unsaturated/α-hetero) is 1. The Morgan fingerprint density at radius 2 is 1.77 bits per heavy atom. The second-order valence-corrected chi connectivity index (χ2v) is 7.10.